The molecular weight excluding hydrogens is 228 g/mol. The van der Waals surface area contributed by atoms with Gasteiger partial charge in [0.15, 0.2) is 0 Å². The third-order valence-corrected chi connectivity index (χ3v) is 4.90. The van der Waals surface area contributed by atoms with Crippen molar-refractivity contribution in [3.05, 3.63) is 0 Å². The number of carbonyl (C=O) groups is 2. The van der Waals surface area contributed by atoms with Gasteiger partial charge < -0.3 is 10.2 Å². The molecule has 2 aliphatic rings. The molecule has 0 unspecified atom stereocenters. The summed E-state index contributed by atoms with van der Waals surface area (Å²) in [7, 11) is 0. The van der Waals surface area contributed by atoms with Gasteiger partial charge in [-0.1, -0.05) is 26.7 Å². The van der Waals surface area contributed by atoms with E-state index in [9.17, 15) is 9.59 Å². The second kappa shape index (κ2) is 4.56. The zero-order valence-corrected chi connectivity index (χ0v) is 11.7. The summed E-state index contributed by atoms with van der Waals surface area (Å²) in [4.78, 5) is 27.2. The molecule has 4 nitrogen and oxygen atoms in total. The van der Waals surface area contributed by atoms with Gasteiger partial charge in [-0.15, -0.1) is 0 Å². The first kappa shape index (κ1) is 13.4. The van der Waals surface area contributed by atoms with Crippen LogP contribution < -0.4 is 5.32 Å². The molecule has 2 fully saturated rings. The Balaban J connectivity index is 2.40. The smallest absolute Gasteiger partial charge is 0.249 e. The molecule has 18 heavy (non-hydrogen) atoms. The molecule has 0 atom stereocenters. The van der Waals surface area contributed by atoms with Gasteiger partial charge in [0.25, 0.3) is 0 Å². The Morgan fingerprint density at radius 2 is 1.67 bits per heavy atom. The van der Waals surface area contributed by atoms with Crippen LogP contribution in [-0.2, 0) is 9.59 Å². The monoisotopic (exact) mass is 252 g/mol. The molecule has 0 aromatic carbocycles. The van der Waals surface area contributed by atoms with Crippen molar-refractivity contribution in [1.82, 2.24) is 10.2 Å². The predicted octanol–water partition coefficient (Wildman–Crippen LogP) is 1.84. The third kappa shape index (κ3) is 1.57. The van der Waals surface area contributed by atoms with Gasteiger partial charge in [-0.05, 0) is 32.6 Å². The predicted molar refractivity (Wildman–Crippen MR) is 70.0 cm³/mol. The summed E-state index contributed by atoms with van der Waals surface area (Å²) in [6.07, 6.45) is 5.07. The van der Waals surface area contributed by atoms with Gasteiger partial charge in [-0.3, -0.25) is 9.59 Å². The van der Waals surface area contributed by atoms with Gasteiger partial charge in [0.2, 0.25) is 11.8 Å². The molecule has 1 aliphatic heterocycles. The highest BCUT2D eigenvalue weighted by Crippen LogP contribution is 2.41. The topological polar surface area (TPSA) is 49.4 Å². The number of rotatable bonds is 3. The Bertz CT molecular complexity index is 355. The summed E-state index contributed by atoms with van der Waals surface area (Å²) in [5, 5.41) is 3.05. The van der Waals surface area contributed by atoms with Crippen LogP contribution in [-0.4, -0.2) is 34.3 Å². The first-order valence-corrected chi connectivity index (χ1v) is 7.21. The van der Waals surface area contributed by atoms with E-state index >= 15 is 0 Å². The van der Waals surface area contributed by atoms with Crippen LogP contribution in [0.25, 0.3) is 0 Å². The van der Waals surface area contributed by atoms with Gasteiger partial charge in [-0.2, -0.15) is 0 Å². The van der Waals surface area contributed by atoms with Crippen LogP contribution in [0.1, 0.15) is 59.3 Å². The molecule has 2 rings (SSSR count). The lowest BCUT2D eigenvalue weighted by Gasteiger charge is -2.50. The van der Waals surface area contributed by atoms with E-state index in [1.54, 1.807) is 0 Å². The van der Waals surface area contributed by atoms with Crippen LogP contribution >= 0.6 is 0 Å². The minimum atomic E-state index is -0.666. The minimum Gasteiger partial charge on any atom is -0.340 e. The fourth-order valence-electron chi connectivity index (χ4n) is 3.59. The van der Waals surface area contributed by atoms with Crippen molar-refractivity contribution in [1.29, 1.82) is 0 Å². The average Bonchev–Trinajstić information content (AvgIpc) is 2.86. The van der Waals surface area contributed by atoms with Crippen molar-refractivity contribution in [2.75, 3.05) is 6.54 Å². The summed E-state index contributed by atoms with van der Waals surface area (Å²) in [5.74, 6) is 0.196. The van der Waals surface area contributed by atoms with E-state index in [1.807, 2.05) is 25.7 Å². The molecule has 0 aromatic heterocycles. The Hall–Kier alpha value is -1.06. The lowest BCUT2D eigenvalue weighted by Crippen LogP contribution is -2.74. The lowest BCUT2D eigenvalue weighted by atomic mass is 9.81. The fraction of sp³-hybridized carbons (Fsp3) is 0.857. The molecule has 1 saturated heterocycles. The maximum atomic E-state index is 12.8. The highest BCUT2D eigenvalue weighted by molar-refractivity contribution is 6.02. The molecule has 1 spiro atoms. The van der Waals surface area contributed by atoms with Crippen LogP contribution in [0.3, 0.4) is 0 Å². The number of hydrogen-bond acceptors (Lipinski definition) is 2. The number of carbonyl (C=O) groups excluding carboxylic acids is 2. The first-order valence-electron chi connectivity index (χ1n) is 7.21. The van der Waals surface area contributed by atoms with Crippen LogP contribution in [0.2, 0.25) is 0 Å². The number of piperazine rings is 1. The Morgan fingerprint density at radius 1 is 1.11 bits per heavy atom. The zero-order chi connectivity index (χ0) is 13.4. The molecule has 1 saturated carbocycles. The van der Waals surface area contributed by atoms with Gasteiger partial charge in [-0.25, -0.2) is 0 Å². The molecule has 0 aromatic rings. The number of hydrogen-bond donors (Lipinski definition) is 1. The Kier molecular flexibility index (Phi) is 3.39. The largest absolute Gasteiger partial charge is 0.340 e. The number of likely N-dealkylation sites (N-methyl/N-ethyl adjacent to an activating group) is 1. The van der Waals surface area contributed by atoms with Crippen LogP contribution in [0.4, 0.5) is 0 Å². The van der Waals surface area contributed by atoms with Crippen molar-refractivity contribution >= 4 is 11.8 Å². The van der Waals surface area contributed by atoms with E-state index in [1.165, 1.54) is 0 Å². The number of amides is 2. The normalized spacial score (nSPS) is 25.6. The van der Waals surface area contributed by atoms with E-state index in [2.05, 4.69) is 5.32 Å². The van der Waals surface area contributed by atoms with E-state index < -0.39 is 11.1 Å². The average molecular weight is 252 g/mol. The van der Waals surface area contributed by atoms with Crippen LogP contribution in [0.5, 0.6) is 0 Å². The van der Waals surface area contributed by atoms with Gasteiger partial charge in [0.1, 0.15) is 11.1 Å². The van der Waals surface area contributed by atoms with E-state index in [0.29, 0.717) is 19.4 Å². The zero-order valence-electron chi connectivity index (χ0n) is 11.7. The van der Waals surface area contributed by atoms with Crippen molar-refractivity contribution in [2.24, 2.45) is 0 Å². The molecule has 102 valence electrons. The molecule has 1 N–H and O–H groups in total. The second-order valence-corrected chi connectivity index (χ2v) is 5.53. The van der Waals surface area contributed by atoms with Gasteiger partial charge in [0, 0.05) is 6.54 Å². The summed E-state index contributed by atoms with van der Waals surface area (Å²) in [6.45, 7) is 6.56. The molecular formula is C14H24N2O2. The summed E-state index contributed by atoms with van der Waals surface area (Å²) < 4.78 is 0. The lowest BCUT2D eigenvalue weighted by molar-refractivity contribution is -0.163. The highest BCUT2D eigenvalue weighted by atomic mass is 16.2. The molecule has 2 amide bonds. The van der Waals surface area contributed by atoms with Crippen LogP contribution in [0.15, 0.2) is 0 Å². The van der Waals surface area contributed by atoms with Gasteiger partial charge >= 0.3 is 0 Å². The first-order chi connectivity index (χ1) is 8.56. The quantitative estimate of drug-likeness (QED) is 0.833. The Morgan fingerprint density at radius 3 is 2.11 bits per heavy atom. The maximum absolute atomic E-state index is 12.8. The maximum Gasteiger partial charge on any atom is 0.249 e. The molecule has 1 heterocycles. The highest BCUT2D eigenvalue weighted by Gasteiger charge is 2.57. The van der Waals surface area contributed by atoms with Crippen molar-refractivity contribution < 1.29 is 9.59 Å². The van der Waals surface area contributed by atoms with Gasteiger partial charge in [0.05, 0.1) is 0 Å². The number of nitrogens with one attached hydrogen (secondary N) is 1. The summed E-state index contributed by atoms with van der Waals surface area (Å²) in [5.41, 5.74) is -1.21. The molecule has 0 bridgehead atoms. The minimum absolute atomic E-state index is 0.0742. The third-order valence-electron chi connectivity index (χ3n) is 4.90. The van der Waals surface area contributed by atoms with Crippen molar-refractivity contribution in [3.63, 3.8) is 0 Å². The Labute approximate surface area is 109 Å². The molecule has 1 aliphatic carbocycles. The van der Waals surface area contributed by atoms with Crippen molar-refractivity contribution in [3.8, 4) is 0 Å². The second-order valence-electron chi connectivity index (χ2n) is 5.53. The fourth-order valence-corrected chi connectivity index (χ4v) is 3.59. The van der Waals surface area contributed by atoms with Crippen molar-refractivity contribution in [2.45, 2.75) is 70.4 Å². The van der Waals surface area contributed by atoms with E-state index in [4.69, 9.17) is 0 Å². The van der Waals surface area contributed by atoms with E-state index in [-0.39, 0.29) is 11.8 Å². The van der Waals surface area contributed by atoms with Crippen LogP contribution in [0, 0.1) is 0 Å². The summed E-state index contributed by atoms with van der Waals surface area (Å²) >= 11 is 0. The van der Waals surface area contributed by atoms with E-state index in [0.717, 1.165) is 25.7 Å². The molecule has 4 heteroatoms. The standard InChI is InChI=1S/C14H24N2O2/c1-4-13(5-2)12(18)16(6-3)14(11(17)15-13)9-7-8-10-14/h4-10H2,1-3H3,(H,15,17). The number of nitrogens with zero attached hydrogens (tertiary/aromatic N) is 1. The molecule has 0 radical (unpaired) electrons. The summed E-state index contributed by atoms with van der Waals surface area (Å²) in [6, 6.07) is 0. The SMILES string of the molecule is CCN1C(=O)C(CC)(CC)NC(=O)C12CCCC2.